The molecule has 2 rings (SSSR count). The Hall–Kier alpha value is -0.980. The smallest absolute Gasteiger partial charge is 0.149 e. The lowest BCUT2D eigenvalue weighted by Crippen LogP contribution is -2.07. The van der Waals surface area contributed by atoms with Crippen LogP contribution in [-0.2, 0) is 6.54 Å². The summed E-state index contributed by atoms with van der Waals surface area (Å²) in [6, 6.07) is 1.81. The molecular formula is C10H11IN4. The highest BCUT2D eigenvalue weighted by Gasteiger charge is 2.09. The molecule has 15 heavy (non-hydrogen) atoms. The van der Waals surface area contributed by atoms with Gasteiger partial charge < -0.3 is 0 Å². The van der Waals surface area contributed by atoms with Crippen molar-refractivity contribution in [1.82, 2.24) is 19.7 Å². The Morgan fingerprint density at radius 1 is 1.27 bits per heavy atom. The van der Waals surface area contributed by atoms with Gasteiger partial charge in [0.1, 0.15) is 12.4 Å². The Bertz CT molecular complexity index is 464. The van der Waals surface area contributed by atoms with Crippen molar-refractivity contribution in [3.8, 4) is 0 Å². The van der Waals surface area contributed by atoms with E-state index >= 15 is 0 Å². The zero-order chi connectivity index (χ0) is 10.8. The summed E-state index contributed by atoms with van der Waals surface area (Å²) in [7, 11) is 0. The van der Waals surface area contributed by atoms with Crippen molar-refractivity contribution < 1.29 is 0 Å². The molecule has 0 fully saturated rings. The van der Waals surface area contributed by atoms with Gasteiger partial charge in [-0.3, -0.25) is 4.68 Å². The van der Waals surface area contributed by atoms with E-state index in [-0.39, 0.29) is 0 Å². The number of hydrogen-bond acceptors (Lipinski definition) is 3. The number of halogens is 1. The second kappa shape index (κ2) is 4.26. The van der Waals surface area contributed by atoms with Crippen molar-refractivity contribution in [2.24, 2.45) is 0 Å². The van der Waals surface area contributed by atoms with Crippen LogP contribution >= 0.6 is 22.6 Å². The fourth-order valence-electron chi connectivity index (χ4n) is 1.37. The first-order chi connectivity index (χ1) is 7.18. The van der Waals surface area contributed by atoms with Crippen molar-refractivity contribution in [2.45, 2.75) is 20.4 Å². The number of aromatic nitrogens is 4. The third-order valence-electron chi connectivity index (χ3n) is 2.20. The van der Waals surface area contributed by atoms with Gasteiger partial charge in [0.2, 0.25) is 0 Å². The lowest BCUT2D eigenvalue weighted by Gasteiger charge is -2.02. The predicted octanol–water partition coefficient (Wildman–Crippen LogP) is 1.94. The van der Waals surface area contributed by atoms with E-state index in [1.807, 2.05) is 17.7 Å². The van der Waals surface area contributed by atoms with Crippen LogP contribution in [0.15, 0.2) is 18.5 Å². The minimum atomic E-state index is 0.635. The molecule has 0 aliphatic heterocycles. The van der Waals surface area contributed by atoms with Crippen molar-refractivity contribution >= 4 is 22.6 Å². The van der Waals surface area contributed by atoms with Crippen molar-refractivity contribution in [1.29, 1.82) is 0 Å². The quantitative estimate of drug-likeness (QED) is 0.796. The van der Waals surface area contributed by atoms with Gasteiger partial charge in [-0.05, 0) is 42.5 Å². The van der Waals surface area contributed by atoms with Crippen LogP contribution in [0.3, 0.4) is 0 Å². The number of aryl methyl sites for hydroxylation is 1. The van der Waals surface area contributed by atoms with Gasteiger partial charge in [0, 0.05) is 18.1 Å². The van der Waals surface area contributed by atoms with E-state index in [0.717, 1.165) is 11.5 Å². The molecule has 2 aromatic heterocycles. The summed E-state index contributed by atoms with van der Waals surface area (Å²) in [5.74, 6) is 0.791. The van der Waals surface area contributed by atoms with E-state index in [1.165, 1.54) is 9.26 Å². The molecule has 0 aliphatic rings. The molecule has 2 heterocycles. The third-order valence-corrected chi connectivity index (χ3v) is 3.76. The average Bonchev–Trinajstić information content (AvgIpc) is 2.48. The Morgan fingerprint density at radius 2 is 1.93 bits per heavy atom. The molecule has 0 spiro atoms. The lowest BCUT2D eigenvalue weighted by molar-refractivity contribution is 0.631. The summed E-state index contributed by atoms with van der Waals surface area (Å²) in [6.07, 6.45) is 3.50. The molecule has 0 radical (unpaired) electrons. The molecule has 0 amide bonds. The molecule has 4 nitrogen and oxygen atoms in total. The molecule has 0 atom stereocenters. The molecule has 78 valence electrons. The molecular weight excluding hydrogens is 303 g/mol. The third kappa shape index (κ3) is 2.17. The van der Waals surface area contributed by atoms with Gasteiger partial charge in [0.15, 0.2) is 0 Å². The maximum absolute atomic E-state index is 4.43. The van der Waals surface area contributed by atoms with Crippen molar-refractivity contribution in [3.63, 3.8) is 0 Å². The van der Waals surface area contributed by atoms with Crippen LogP contribution < -0.4 is 0 Å². The van der Waals surface area contributed by atoms with E-state index < -0.39 is 0 Å². The molecule has 0 unspecified atom stereocenters. The molecule has 0 bridgehead atoms. The summed E-state index contributed by atoms with van der Waals surface area (Å²) < 4.78 is 3.15. The highest BCUT2D eigenvalue weighted by molar-refractivity contribution is 14.1. The minimum absolute atomic E-state index is 0.635. The fraction of sp³-hybridized carbons (Fsp3) is 0.300. The number of rotatable bonds is 2. The van der Waals surface area contributed by atoms with Crippen LogP contribution in [0, 0.1) is 17.4 Å². The maximum Gasteiger partial charge on any atom is 0.149 e. The second-order valence-electron chi connectivity index (χ2n) is 3.31. The molecule has 5 heteroatoms. The van der Waals surface area contributed by atoms with E-state index in [4.69, 9.17) is 0 Å². The monoisotopic (exact) mass is 314 g/mol. The van der Waals surface area contributed by atoms with Gasteiger partial charge in [0.25, 0.3) is 0 Å². The first kappa shape index (κ1) is 10.5. The predicted molar refractivity (Wildman–Crippen MR) is 65.6 cm³/mol. The second-order valence-corrected chi connectivity index (χ2v) is 4.39. The zero-order valence-corrected chi connectivity index (χ0v) is 10.8. The lowest BCUT2D eigenvalue weighted by atomic mass is 10.4. The average molecular weight is 314 g/mol. The van der Waals surface area contributed by atoms with Gasteiger partial charge in [-0.1, -0.05) is 0 Å². The topological polar surface area (TPSA) is 43.6 Å². The largest absolute Gasteiger partial charge is 0.261 e. The summed E-state index contributed by atoms with van der Waals surface area (Å²) in [5.41, 5.74) is 2.23. The summed E-state index contributed by atoms with van der Waals surface area (Å²) in [5, 5.41) is 4.43. The van der Waals surface area contributed by atoms with Gasteiger partial charge in [-0.15, -0.1) is 0 Å². The van der Waals surface area contributed by atoms with Crippen LogP contribution in [0.1, 0.15) is 17.2 Å². The van der Waals surface area contributed by atoms with E-state index in [9.17, 15) is 0 Å². The first-order valence-electron chi connectivity index (χ1n) is 4.64. The highest BCUT2D eigenvalue weighted by atomic mass is 127. The fourth-order valence-corrected chi connectivity index (χ4v) is 1.76. The summed E-state index contributed by atoms with van der Waals surface area (Å²) in [4.78, 5) is 8.36. The van der Waals surface area contributed by atoms with E-state index in [1.54, 1.807) is 12.4 Å². The Balaban J connectivity index is 2.29. The molecule has 0 aromatic carbocycles. The molecule has 2 aromatic rings. The highest BCUT2D eigenvalue weighted by Crippen LogP contribution is 2.15. The minimum Gasteiger partial charge on any atom is -0.261 e. The Morgan fingerprint density at radius 3 is 2.47 bits per heavy atom. The van der Waals surface area contributed by atoms with Crippen LogP contribution in [0.25, 0.3) is 0 Å². The maximum atomic E-state index is 4.43. The van der Waals surface area contributed by atoms with Crippen LogP contribution in [0.4, 0.5) is 0 Å². The van der Waals surface area contributed by atoms with Gasteiger partial charge in [-0.25, -0.2) is 9.97 Å². The molecule has 0 N–H and O–H groups in total. The van der Waals surface area contributed by atoms with Crippen LogP contribution in [-0.4, -0.2) is 19.7 Å². The summed E-state index contributed by atoms with van der Waals surface area (Å²) >= 11 is 2.31. The molecule has 0 saturated carbocycles. The van der Waals surface area contributed by atoms with E-state index in [2.05, 4.69) is 44.6 Å². The molecule has 0 aliphatic carbocycles. The van der Waals surface area contributed by atoms with E-state index in [0.29, 0.717) is 6.54 Å². The Kier molecular flexibility index (Phi) is 2.99. The van der Waals surface area contributed by atoms with Crippen LogP contribution in [0.5, 0.6) is 0 Å². The van der Waals surface area contributed by atoms with Gasteiger partial charge >= 0.3 is 0 Å². The molecule has 0 saturated heterocycles. The SMILES string of the molecule is Cc1nn(Cc2ncccn2)c(C)c1I. The normalized spacial score (nSPS) is 10.6. The van der Waals surface area contributed by atoms with Gasteiger partial charge in [0.05, 0.1) is 9.26 Å². The van der Waals surface area contributed by atoms with Crippen molar-refractivity contribution in [2.75, 3.05) is 0 Å². The van der Waals surface area contributed by atoms with Crippen molar-refractivity contribution in [3.05, 3.63) is 39.2 Å². The summed E-state index contributed by atoms with van der Waals surface area (Å²) in [6.45, 7) is 4.71. The first-order valence-corrected chi connectivity index (χ1v) is 5.72. The standard InChI is InChI=1S/C10H11IN4/c1-7-10(11)8(2)15(14-7)6-9-12-4-3-5-13-9/h3-5H,6H2,1-2H3. The zero-order valence-electron chi connectivity index (χ0n) is 8.61. The van der Waals surface area contributed by atoms with Crippen LogP contribution in [0.2, 0.25) is 0 Å². The number of nitrogens with zero attached hydrogens (tertiary/aromatic N) is 4. The van der Waals surface area contributed by atoms with Gasteiger partial charge in [-0.2, -0.15) is 5.10 Å². The number of hydrogen-bond donors (Lipinski definition) is 0. The Labute approximate surface area is 102 Å².